The summed E-state index contributed by atoms with van der Waals surface area (Å²) in [6, 6.07) is 8.71. The van der Waals surface area contributed by atoms with E-state index in [0.717, 1.165) is 18.2 Å². The van der Waals surface area contributed by atoms with Crippen LogP contribution in [0.4, 0.5) is 5.69 Å². The average molecular weight is 213 g/mol. The topological polar surface area (TPSA) is 40.7 Å². The highest BCUT2D eigenvalue weighted by Crippen LogP contribution is 2.41. The van der Waals surface area contributed by atoms with E-state index >= 15 is 0 Å². The molecule has 16 heavy (non-hydrogen) atoms. The number of benzene rings is 1. The lowest BCUT2D eigenvalue weighted by Crippen LogP contribution is -2.01. The largest absolute Gasteiger partial charge is 0.378 e. The molecule has 0 unspecified atom stereocenters. The summed E-state index contributed by atoms with van der Waals surface area (Å²) in [4.78, 5) is 0. The van der Waals surface area contributed by atoms with Gasteiger partial charge >= 0.3 is 0 Å². The van der Waals surface area contributed by atoms with Crippen LogP contribution in [0.3, 0.4) is 0 Å². The highest BCUT2D eigenvalue weighted by molar-refractivity contribution is 5.41. The summed E-state index contributed by atoms with van der Waals surface area (Å²) in [5.41, 5.74) is 3.97. The average Bonchev–Trinajstić information content (AvgIpc) is 3.04. The van der Waals surface area contributed by atoms with Gasteiger partial charge in [0.25, 0.3) is 0 Å². The normalized spacial score (nSPS) is 15.0. The number of nitrogens with one attached hydrogen (secondary N) is 2. The van der Waals surface area contributed by atoms with Crippen LogP contribution in [0.15, 0.2) is 36.7 Å². The van der Waals surface area contributed by atoms with Crippen molar-refractivity contribution in [2.75, 3.05) is 5.32 Å². The van der Waals surface area contributed by atoms with E-state index in [1.54, 1.807) is 6.20 Å². The number of aromatic amines is 1. The molecule has 0 bridgehead atoms. The summed E-state index contributed by atoms with van der Waals surface area (Å²) >= 11 is 0. The van der Waals surface area contributed by atoms with Crippen LogP contribution < -0.4 is 5.32 Å². The molecule has 3 nitrogen and oxygen atoms in total. The monoisotopic (exact) mass is 213 g/mol. The van der Waals surface area contributed by atoms with Crippen molar-refractivity contribution >= 4 is 5.69 Å². The highest BCUT2D eigenvalue weighted by Gasteiger charge is 2.25. The Balaban J connectivity index is 1.73. The molecule has 1 aliphatic rings. The summed E-state index contributed by atoms with van der Waals surface area (Å²) in [6.07, 6.45) is 6.38. The van der Waals surface area contributed by atoms with Crippen LogP contribution in [-0.4, -0.2) is 10.2 Å². The van der Waals surface area contributed by atoms with Crippen LogP contribution in [-0.2, 0) is 6.54 Å². The van der Waals surface area contributed by atoms with Gasteiger partial charge in [0.1, 0.15) is 0 Å². The number of H-pyrrole nitrogens is 1. The highest BCUT2D eigenvalue weighted by atomic mass is 15.1. The zero-order valence-corrected chi connectivity index (χ0v) is 9.11. The van der Waals surface area contributed by atoms with Crippen LogP contribution in [0.2, 0.25) is 0 Å². The van der Waals surface area contributed by atoms with E-state index in [1.807, 2.05) is 6.20 Å². The van der Waals surface area contributed by atoms with Gasteiger partial charge < -0.3 is 5.32 Å². The molecule has 1 aromatic heterocycles. The molecule has 0 saturated heterocycles. The minimum atomic E-state index is 0.808. The maximum absolute atomic E-state index is 3.92. The molecule has 0 aliphatic heterocycles. The number of anilines is 1. The van der Waals surface area contributed by atoms with Gasteiger partial charge in [0.05, 0.1) is 11.9 Å². The van der Waals surface area contributed by atoms with E-state index in [2.05, 4.69) is 39.8 Å². The van der Waals surface area contributed by atoms with Gasteiger partial charge in [-0.05, 0) is 29.9 Å². The Bertz CT molecular complexity index is 458. The minimum Gasteiger partial charge on any atom is -0.378 e. The van der Waals surface area contributed by atoms with Gasteiger partial charge in [0.15, 0.2) is 0 Å². The van der Waals surface area contributed by atoms with Crippen LogP contribution >= 0.6 is 0 Å². The van der Waals surface area contributed by atoms with Crippen molar-refractivity contribution in [2.45, 2.75) is 25.3 Å². The second-order valence-electron chi connectivity index (χ2n) is 4.31. The van der Waals surface area contributed by atoms with Crippen LogP contribution in [0.1, 0.15) is 29.9 Å². The molecule has 3 heteroatoms. The first-order valence-electron chi connectivity index (χ1n) is 5.74. The standard InChI is InChI=1S/C13H15N3/c1-2-4-13(10-5-6-10)11(3-1)7-14-12-8-15-16-9-12/h1-4,8-10,14H,5-7H2,(H,15,16). The molecule has 1 aromatic carbocycles. The first kappa shape index (κ1) is 9.46. The quantitative estimate of drug-likeness (QED) is 0.819. The van der Waals surface area contributed by atoms with Gasteiger partial charge in [0.2, 0.25) is 0 Å². The second-order valence-corrected chi connectivity index (χ2v) is 4.31. The maximum Gasteiger partial charge on any atom is 0.0726 e. The third-order valence-electron chi connectivity index (χ3n) is 3.05. The van der Waals surface area contributed by atoms with E-state index < -0.39 is 0 Å². The Morgan fingerprint density at radius 3 is 2.94 bits per heavy atom. The van der Waals surface area contributed by atoms with Gasteiger partial charge in [-0.25, -0.2) is 0 Å². The van der Waals surface area contributed by atoms with Gasteiger partial charge in [0, 0.05) is 12.7 Å². The summed E-state index contributed by atoms with van der Waals surface area (Å²) in [5.74, 6) is 0.808. The molecular formula is C13H15N3. The Hall–Kier alpha value is -1.77. The lowest BCUT2D eigenvalue weighted by atomic mass is 10.0. The zero-order chi connectivity index (χ0) is 10.8. The van der Waals surface area contributed by atoms with E-state index in [9.17, 15) is 0 Å². The fourth-order valence-electron chi connectivity index (χ4n) is 2.03. The van der Waals surface area contributed by atoms with Crippen LogP contribution in [0.5, 0.6) is 0 Å². The smallest absolute Gasteiger partial charge is 0.0726 e. The maximum atomic E-state index is 3.92. The number of nitrogens with zero attached hydrogens (tertiary/aromatic N) is 1. The molecule has 0 spiro atoms. The molecule has 1 fully saturated rings. The van der Waals surface area contributed by atoms with Crippen molar-refractivity contribution in [3.05, 3.63) is 47.8 Å². The third-order valence-corrected chi connectivity index (χ3v) is 3.05. The van der Waals surface area contributed by atoms with E-state index in [1.165, 1.54) is 24.0 Å². The summed E-state index contributed by atoms with van der Waals surface area (Å²) in [6.45, 7) is 0.881. The number of rotatable bonds is 4. The third kappa shape index (κ3) is 1.94. The van der Waals surface area contributed by atoms with Gasteiger partial charge in [-0.1, -0.05) is 24.3 Å². The number of hydrogen-bond donors (Lipinski definition) is 2. The Morgan fingerprint density at radius 2 is 2.19 bits per heavy atom. The fraction of sp³-hybridized carbons (Fsp3) is 0.308. The molecule has 1 heterocycles. The molecule has 1 aliphatic carbocycles. The summed E-state index contributed by atoms with van der Waals surface area (Å²) in [7, 11) is 0. The lowest BCUT2D eigenvalue weighted by Gasteiger charge is -2.09. The molecule has 2 aromatic rings. The molecule has 1 saturated carbocycles. The van der Waals surface area contributed by atoms with E-state index in [0.29, 0.717) is 0 Å². The van der Waals surface area contributed by atoms with Crippen molar-refractivity contribution in [1.82, 2.24) is 10.2 Å². The second kappa shape index (κ2) is 4.00. The van der Waals surface area contributed by atoms with Crippen molar-refractivity contribution in [1.29, 1.82) is 0 Å². The predicted octanol–water partition coefficient (Wildman–Crippen LogP) is 2.90. The van der Waals surface area contributed by atoms with E-state index in [-0.39, 0.29) is 0 Å². The Labute approximate surface area is 94.9 Å². The van der Waals surface area contributed by atoms with Gasteiger partial charge in [-0.3, -0.25) is 5.10 Å². The Morgan fingerprint density at radius 1 is 1.31 bits per heavy atom. The molecule has 2 N–H and O–H groups in total. The molecule has 82 valence electrons. The van der Waals surface area contributed by atoms with Crippen molar-refractivity contribution in [3.63, 3.8) is 0 Å². The number of aromatic nitrogens is 2. The summed E-state index contributed by atoms with van der Waals surface area (Å²) in [5, 5.41) is 10.1. The molecule has 0 atom stereocenters. The first-order chi connectivity index (χ1) is 7.93. The predicted molar refractivity (Wildman–Crippen MR) is 64.3 cm³/mol. The fourth-order valence-corrected chi connectivity index (χ4v) is 2.03. The molecular weight excluding hydrogens is 198 g/mol. The zero-order valence-electron chi connectivity index (χ0n) is 9.11. The van der Waals surface area contributed by atoms with Gasteiger partial charge in [-0.15, -0.1) is 0 Å². The molecule has 0 amide bonds. The van der Waals surface area contributed by atoms with Crippen molar-refractivity contribution < 1.29 is 0 Å². The Kier molecular flexibility index (Phi) is 2.37. The lowest BCUT2D eigenvalue weighted by molar-refractivity contribution is 1.04. The van der Waals surface area contributed by atoms with Crippen molar-refractivity contribution in [2.24, 2.45) is 0 Å². The van der Waals surface area contributed by atoms with Gasteiger partial charge in [-0.2, -0.15) is 5.10 Å². The number of hydrogen-bond acceptors (Lipinski definition) is 2. The van der Waals surface area contributed by atoms with Crippen molar-refractivity contribution in [3.8, 4) is 0 Å². The van der Waals surface area contributed by atoms with Crippen LogP contribution in [0, 0.1) is 0 Å². The summed E-state index contributed by atoms with van der Waals surface area (Å²) < 4.78 is 0. The van der Waals surface area contributed by atoms with Crippen LogP contribution in [0.25, 0.3) is 0 Å². The minimum absolute atomic E-state index is 0.808. The molecule has 0 radical (unpaired) electrons. The first-order valence-corrected chi connectivity index (χ1v) is 5.74. The molecule has 3 rings (SSSR count). The van der Waals surface area contributed by atoms with E-state index in [4.69, 9.17) is 0 Å². The SMILES string of the molecule is c1ccc(C2CC2)c(CNc2cn[nH]c2)c1.